The van der Waals surface area contributed by atoms with Crippen LogP contribution in [-0.2, 0) is 0 Å². The minimum absolute atomic E-state index is 0.893. The highest BCUT2D eigenvalue weighted by molar-refractivity contribution is 6.11. The van der Waals surface area contributed by atoms with Crippen molar-refractivity contribution in [1.82, 2.24) is 4.57 Å². The second-order valence-corrected chi connectivity index (χ2v) is 16.1. The molecule has 0 saturated heterocycles. The van der Waals surface area contributed by atoms with Gasteiger partial charge in [-0.1, -0.05) is 182 Å². The molecule has 3 nitrogen and oxygen atoms in total. The summed E-state index contributed by atoms with van der Waals surface area (Å²) in [6.45, 7) is 0. The van der Waals surface area contributed by atoms with E-state index < -0.39 is 0 Å². The maximum atomic E-state index is 6.55. The maximum absolute atomic E-state index is 6.55. The van der Waals surface area contributed by atoms with Crippen LogP contribution in [0.5, 0.6) is 0 Å². The standard InChI is InChI=1S/C60H40N2O/c1-2-17-41(18-3-1)48-23-4-5-24-49(48)42-35-37-45(38-36-42)61(47-22-15-20-44(40-47)51-29-16-30-55-54-28-9-13-34-59(54)63-60(51)55)46-21-14-19-43(39-46)50-25-6-10-31-56(50)62-57-32-11-7-26-52(57)53-27-8-12-33-58(53)62/h1-40H. The Morgan fingerprint density at radius 2 is 0.778 bits per heavy atom. The largest absolute Gasteiger partial charge is 0.455 e. The number of anilines is 3. The zero-order valence-corrected chi connectivity index (χ0v) is 34.4. The smallest absolute Gasteiger partial charge is 0.143 e. The lowest BCUT2D eigenvalue weighted by atomic mass is 9.94. The Labute approximate surface area is 366 Å². The highest BCUT2D eigenvalue weighted by Crippen LogP contribution is 2.43. The van der Waals surface area contributed by atoms with Crippen molar-refractivity contribution in [2.45, 2.75) is 0 Å². The van der Waals surface area contributed by atoms with Gasteiger partial charge in [-0.05, 0) is 94.0 Å². The first kappa shape index (κ1) is 36.5. The van der Waals surface area contributed by atoms with Crippen LogP contribution < -0.4 is 4.90 Å². The van der Waals surface area contributed by atoms with E-state index in [0.29, 0.717) is 0 Å². The normalized spacial score (nSPS) is 11.5. The Kier molecular flexibility index (Phi) is 8.83. The van der Waals surface area contributed by atoms with Gasteiger partial charge in [-0.25, -0.2) is 0 Å². The van der Waals surface area contributed by atoms with Crippen LogP contribution in [0.3, 0.4) is 0 Å². The Morgan fingerprint density at radius 1 is 0.302 bits per heavy atom. The monoisotopic (exact) mass is 804 g/mol. The van der Waals surface area contributed by atoms with Gasteiger partial charge in [-0.3, -0.25) is 0 Å². The minimum Gasteiger partial charge on any atom is -0.455 e. The second kappa shape index (κ2) is 15.3. The van der Waals surface area contributed by atoms with Gasteiger partial charge in [-0.15, -0.1) is 0 Å². The van der Waals surface area contributed by atoms with Crippen molar-refractivity contribution in [1.29, 1.82) is 0 Å². The van der Waals surface area contributed by atoms with Gasteiger partial charge in [0, 0.05) is 49.7 Å². The minimum atomic E-state index is 0.893. The molecule has 63 heavy (non-hydrogen) atoms. The number of hydrogen-bond donors (Lipinski definition) is 0. The van der Waals surface area contributed by atoms with Crippen molar-refractivity contribution in [3.63, 3.8) is 0 Å². The predicted octanol–water partition coefficient (Wildman–Crippen LogP) is 16.8. The highest BCUT2D eigenvalue weighted by Gasteiger charge is 2.20. The van der Waals surface area contributed by atoms with Gasteiger partial charge in [0.2, 0.25) is 0 Å². The van der Waals surface area contributed by atoms with Crippen LogP contribution in [0.25, 0.3) is 93.9 Å². The molecular weight excluding hydrogens is 765 g/mol. The van der Waals surface area contributed by atoms with Crippen LogP contribution in [-0.4, -0.2) is 4.57 Å². The number of hydrogen-bond acceptors (Lipinski definition) is 2. The maximum Gasteiger partial charge on any atom is 0.143 e. The van der Waals surface area contributed by atoms with E-state index in [4.69, 9.17) is 4.42 Å². The first-order chi connectivity index (χ1) is 31.3. The lowest BCUT2D eigenvalue weighted by Gasteiger charge is -2.27. The van der Waals surface area contributed by atoms with E-state index >= 15 is 0 Å². The number of rotatable bonds is 8. The van der Waals surface area contributed by atoms with Gasteiger partial charge in [0.05, 0.1) is 16.7 Å². The third-order valence-corrected chi connectivity index (χ3v) is 12.4. The van der Waals surface area contributed by atoms with Gasteiger partial charge in [-0.2, -0.15) is 0 Å². The molecule has 2 aromatic heterocycles. The summed E-state index contributed by atoms with van der Waals surface area (Å²) in [4.78, 5) is 2.38. The van der Waals surface area contributed by atoms with Crippen LogP contribution in [0.15, 0.2) is 247 Å². The average Bonchev–Trinajstić information content (AvgIpc) is 3.91. The van der Waals surface area contributed by atoms with E-state index in [1.807, 2.05) is 12.1 Å². The Balaban J connectivity index is 1.02. The quantitative estimate of drug-likeness (QED) is 0.153. The van der Waals surface area contributed by atoms with E-state index in [-0.39, 0.29) is 0 Å². The predicted molar refractivity (Wildman–Crippen MR) is 264 cm³/mol. The third-order valence-electron chi connectivity index (χ3n) is 12.4. The molecule has 0 saturated carbocycles. The lowest BCUT2D eigenvalue weighted by molar-refractivity contribution is 0.670. The van der Waals surface area contributed by atoms with E-state index in [1.54, 1.807) is 0 Å². The van der Waals surface area contributed by atoms with Crippen molar-refractivity contribution in [2.75, 3.05) is 4.90 Å². The molecule has 0 aliphatic rings. The Hall–Kier alpha value is -8.40. The molecule has 0 radical (unpaired) electrons. The molecule has 0 N–H and O–H groups in total. The fourth-order valence-electron chi connectivity index (χ4n) is 9.54. The van der Waals surface area contributed by atoms with Crippen LogP contribution in [0.2, 0.25) is 0 Å². The molecule has 12 rings (SSSR count). The van der Waals surface area contributed by atoms with Gasteiger partial charge in [0.25, 0.3) is 0 Å². The molecule has 0 aliphatic carbocycles. The highest BCUT2D eigenvalue weighted by atomic mass is 16.3. The molecule has 0 amide bonds. The van der Waals surface area contributed by atoms with Gasteiger partial charge in [0.1, 0.15) is 11.2 Å². The number of furan rings is 1. The first-order valence-electron chi connectivity index (χ1n) is 21.5. The summed E-state index contributed by atoms with van der Waals surface area (Å²) in [5.74, 6) is 0. The topological polar surface area (TPSA) is 21.3 Å². The van der Waals surface area contributed by atoms with Crippen LogP contribution in [0.4, 0.5) is 17.1 Å². The fraction of sp³-hybridized carbons (Fsp3) is 0. The van der Waals surface area contributed by atoms with Gasteiger partial charge in [0.15, 0.2) is 0 Å². The van der Waals surface area contributed by atoms with E-state index in [1.165, 1.54) is 38.5 Å². The summed E-state index contributed by atoms with van der Waals surface area (Å²) >= 11 is 0. The van der Waals surface area contributed by atoms with Crippen molar-refractivity contribution < 1.29 is 4.42 Å². The molecule has 0 atom stereocenters. The molecule has 0 unspecified atom stereocenters. The van der Waals surface area contributed by atoms with Crippen LogP contribution in [0, 0.1) is 0 Å². The molecular formula is C60H40N2O. The van der Waals surface area contributed by atoms with E-state index in [2.05, 4.69) is 240 Å². The van der Waals surface area contributed by atoms with Crippen LogP contribution >= 0.6 is 0 Å². The third kappa shape index (κ3) is 6.29. The summed E-state index contributed by atoms with van der Waals surface area (Å²) in [6, 6.07) is 87.1. The Bertz CT molecular complexity index is 3580. The number of benzene rings is 10. The molecule has 2 heterocycles. The first-order valence-corrected chi connectivity index (χ1v) is 21.5. The van der Waals surface area contributed by atoms with Crippen molar-refractivity contribution in [3.05, 3.63) is 243 Å². The Morgan fingerprint density at radius 3 is 1.46 bits per heavy atom. The van der Waals surface area contributed by atoms with Crippen LogP contribution in [0.1, 0.15) is 0 Å². The SMILES string of the molecule is c1ccc(-c2ccccc2-c2ccc(N(c3cccc(-c4ccccc4-n4c5ccccc5c5ccccc54)c3)c3cccc(-c4cccc5c4oc4ccccc45)c3)cc2)cc1. The second-order valence-electron chi connectivity index (χ2n) is 16.1. The molecule has 10 aromatic carbocycles. The summed E-state index contributed by atoms with van der Waals surface area (Å²) < 4.78 is 8.96. The summed E-state index contributed by atoms with van der Waals surface area (Å²) in [5, 5.41) is 4.73. The molecule has 3 heteroatoms. The molecule has 0 aliphatic heterocycles. The zero-order valence-electron chi connectivity index (χ0n) is 34.4. The van der Waals surface area contributed by atoms with E-state index in [0.717, 1.165) is 72.5 Å². The molecule has 296 valence electrons. The summed E-state index contributed by atoms with van der Waals surface area (Å²) in [7, 11) is 0. The molecule has 0 fully saturated rings. The van der Waals surface area contributed by atoms with Crippen molar-refractivity contribution >= 4 is 60.8 Å². The zero-order chi connectivity index (χ0) is 41.7. The molecule has 0 bridgehead atoms. The van der Waals surface area contributed by atoms with Gasteiger partial charge >= 0.3 is 0 Å². The average molecular weight is 805 g/mol. The number of fused-ring (bicyclic) bond motifs is 6. The fourth-order valence-corrected chi connectivity index (χ4v) is 9.54. The number of aromatic nitrogens is 1. The lowest BCUT2D eigenvalue weighted by Crippen LogP contribution is -2.10. The molecule has 0 spiro atoms. The number of para-hydroxylation sites is 5. The summed E-state index contributed by atoms with van der Waals surface area (Å²) in [6.07, 6.45) is 0. The van der Waals surface area contributed by atoms with Crippen molar-refractivity contribution in [2.24, 2.45) is 0 Å². The molecule has 12 aromatic rings. The van der Waals surface area contributed by atoms with Gasteiger partial charge < -0.3 is 13.9 Å². The van der Waals surface area contributed by atoms with Crippen molar-refractivity contribution in [3.8, 4) is 50.2 Å². The summed E-state index contributed by atoms with van der Waals surface area (Å²) in [5.41, 5.74) is 17.7. The number of nitrogens with zero attached hydrogens (tertiary/aromatic N) is 2. The van der Waals surface area contributed by atoms with E-state index in [9.17, 15) is 0 Å².